The Kier molecular flexibility index (Phi) is 5.29. The van der Waals surface area contributed by atoms with Crippen LogP contribution in [0.3, 0.4) is 0 Å². The van der Waals surface area contributed by atoms with Gasteiger partial charge in [-0.05, 0) is 54.6 Å². The summed E-state index contributed by atoms with van der Waals surface area (Å²) in [6.45, 7) is 3.79. The van der Waals surface area contributed by atoms with E-state index in [9.17, 15) is 4.79 Å². The Hall–Kier alpha value is -3.18. The molecule has 0 fully saturated rings. The molecule has 1 amide bonds. The van der Waals surface area contributed by atoms with Crippen LogP contribution in [-0.4, -0.2) is 31.4 Å². The van der Waals surface area contributed by atoms with E-state index in [1.165, 1.54) is 11.8 Å². The number of nitrogens with one attached hydrogen (secondary N) is 1. The number of nitriles is 1. The van der Waals surface area contributed by atoms with E-state index >= 15 is 0 Å². The monoisotopic (exact) mass is 364 g/mol. The second kappa shape index (κ2) is 7.80. The number of hydrogen-bond donors (Lipinski definition) is 1. The lowest BCUT2D eigenvalue weighted by atomic mass is 10.2. The van der Waals surface area contributed by atoms with Crippen molar-refractivity contribution < 1.29 is 4.79 Å². The Morgan fingerprint density at radius 3 is 2.77 bits per heavy atom. The number of benzene rings is 2. The first-order valence-electron chi connectivity index (χ1n) is 7.90. The molecule has 0 radical (unpaired) electrons. The molecule has 8 heteroatoms. The van der Waals surface area contributed by atoms with Gasteiger partial charge in [0.1, 0.15) is 0 Å². The summed E-state index contributed by atoms with van der Waals surface area (Å²) in [7, 11) is 0. The summed E-state index contributed by atoms with van der Waals surface area (Å²) in [5, 5.41) is 23.6. The number of nitrogens with zero attached hydrogens (tertiary/aromatic N) is 5. The highest BCUT2D eigenvalue weighted by atomic mass is 32.2. The van der Waals surface area contributed by atoms with Crippen molar-refractivity contribution in [3.63, 3.8) is 0 Å². The first-order chi connectivity index (χ1) is 12.6. The third-order valence-electron chi connectivity index (χ3n) is 3.63. The van der Waals surface area contributed by atoms with E-state index in [0.29, 0.717) is 16.4 Å². The SMILES string of the molecule is Cc1ccc(-n2nnnc2S[C@H](C)C(=O)Nc2cccc(C#N)c2)cc1. The van der Waals surface area contributed by atoms with Gasteiger partial charge in [-0.2, -0.15) is 9.94 Å². The number of thioether (sulfide) groups is 1. The fourth-order valence-electron chi connectivity index (χ4n) is 2.22. The normalized spacial score (nSPS) is 11.6. The predicted molar refractivity (Wildman–Crippen MR) is 99.0 cm³/mol. The van der Waals surface area contributed by atoms with Crippen LogP contribution in [0.25, 0.3) is 5.69 Å². The van der Waals surface area contributed by atoms with Gasteiger partial charge >= 0.3 is 0 Å². The molecule has 0 aliphatic carbocycles. The number of aryl methyl sites for hydroxylation is 1. The molecule has 7 nitrogen and oxygen atoms in total. The summed E-state index contributed by atoms with van der Waals surface area (Å²) >= 11 is 1.26. The Balaban J connectivity index is 1.71. The maximum atomic E-state index is 12.4. The first-order valence-corrected chi connectivity index (χ1v) is 8.78. The van der Waals surface area contributed by atoms with Gasteiger partial charge in [0.05, 0.1) is 22.6 Å². The Bertz CT molecular complexity index is 960. The standard InChI is InChI=1S/C18H16N6OS/c1-12-6-8-16(9-7-12)24-18(21-22-23-24)26-13(2)17(25)20-15-5-3-4-14(10-15)11-19/h3-10,13H,1-2H3,(H,20,25)/t13-/m1/s1. The number of carbonyl (C=O) groups is 1. The highest BCUT2D eigenvalue weighted by Gasteiger charge is 2.19. The molecule has 0 unspecified atom stereocenters. The maximum absolute atomic E-state index is 12.4. The van der Waals surface area contributed by atoms with Crippen molar-refractivity contribution in [1.29, 1.82) is 5.26 Å². The van der Waals surface area contributed by atoms with Gasteiger partial charge in [0.25, 0.3) is 0 Å². The van der Waals surface area contributed by atoms with Gasteiger partial charge in [0.2, 0.25) is 11.1 Å². The summed E-state index contributed by atoms with van der Waals surface area (Å²) in [6, 6.07) is 16.6. The molecular weight excluding hydrogens is 348 g/mol. The molecule has 3 aromatic rings. The molecule has 0 bridgehead atoms. The number of hydrogen-bond acceptors (Lipinski definition) is 6. The van der Waals surface area contributed by atoms with Gasteiger partial charge in [-0.3, -0.25) is 4.79 Å². The summed E-state index contributed by atoms with van der Waals surface area (Å²) in [5.41, 5.74) is 3.05. The molecule has 3 rings (SSSR count). The van der Waals surface area contributed by atoms with Gasteiger partial charge < -0.3 is 5.32 Å². The van der Waals surface area contributed by atoms with E-state index in [2.05, 4.69) is 20.8 Å². The average molecular weight is 364 g/mol. The van der Waals surface area contributed by atoms with Crippen LogP contribution in [0, 0.1) is 18.3 Å². The molecule has 0 aliphatic heterocycles. The molecular formula is C18H16N6OS. The van der Waals surface area contributed by atoms with E-state index in [1.54, 1.807) is 35.9 Å². The second-order valence-corrected chi connectivity index (χ2v) is 6.96. The van der Waals surface area contributed by atoms with E-state index in [-0.39, 0.29) is 5.91 Å². The highest BCUT2D eigenvalue weighted by Crippen LogP contribution is 2.24. The average Bonchev–Trinajstić information content (AvgIpc) is 3.10. The van der Waals surface area contributed by atoms with Crippen molar-refractivity contribution in [2.75, 3.05) is 5.32 Å². The van der Waals surface area contributed by atoms with E-state index in [1.807, 2.05) is 37.3 Å². The first kappa shape index (κ1) is 17.6. The zero-order chi connectivity index (χ0) is 18.5. The number of rotatable bonds is 5. The lowest BCUT2D eigenvalue weighted by molar-refractivity contribution is -0.115. The smallest absolute Gasteiger partial charge is 0.237 e. The molecule has 130 valence electrons. The van der Waals surface area contributed by atoms with Crippen LogP contribution in [-0.2, 0) is 4.79 Å². The van der Waals surface area contributed by atoms with Gasteiger partial charge in [-0.1, -0.05) is 35.5 Å². The second-order valence-electron chi connectivity index (χ2n) is 5.65. The molecule has 0 saturated heterocycles. The van der Waals surface area contributed by atoms with E-state index in [0.717, 1.165) is 11.3 Å². The Morgan fingerprint density at radius 2 is 2.04 bits per heavy atom. The molecule has 1 heterocycles. The Morgan fingerprint density at radius 1 is 1.27 bits per heavy atom. The van der Waals surface area contributed by atoms with Crippen molar-refractivity contribution in [2.45, 2.75) is 24.3 Å². The minimum absolute atomic E-state index is 0.191. The number of aromatic nitrogens is 4. The third-order valence-corrected chi connectivity index (χ3v) is 4.66. The maximum Gasteiger partial charge on any atom is 0.237 e. The molecule has 0 aliphatic rings. The van der Waals surface area contributed by atoms with E-state index in [4.69, 9.17) is 5.26 Å². The summed E-state index contributed by atoms with van der Waals surface area (Å²) in [5.74, 6) is -0.191. The summed E-state index contributed by atoms with van der Waals surface area (Å²) in [6.07, 6.45) is 0. The molecule has 1 N–H and O–H groups in total. The van der Waals surface area contributed by atoms with Crippen LogP contribution in [0.1, 0.15) is 18.1 Å². The van der Waals surface area contributed by atoms with E-state index < -0.39 is 5.25 Å². The zero-order valence-electron chi connectivity index (χ0n) is 14.2. The summed E-state index contributed by atoms with van der Waals surface area (Å²) in [4.78, 5) is 12.4. The van der Waals surface area contributed by atoms with Crippen molar-refractivity contribution >= 4 is 23.4 Å². The number of amides is 1. The van der Waals surface area contributed by atoms with Gasteiger partial charge in [-0.25, -0.2) is 0 Å². The van der Waals surface area contributed by atoms with Crippen LogP contribution in [0.5, 0.6) is 0 Å². The lowest BCUT2D eigenvalue weighted by Gasteiger charge is -2.12. The van der Waals surface area contributed by atoms with Crippen LogP contribution in [0.2, 0.25) is 0 Å². The molecule has 26 heavy (non-hydrogen) atoms. The molecule has 0 saturated carbocycles. The zero-order valence-corrected chi connectivity index (χ0v) is 15.1. The highest BCUT2D eigenvalue weighted by molar-refractivity contribution is 8.00. The minimum atomic E-state index is -0.420. The molecule has 1 atom stereocenters. The molecule has 0 spiro atoms. The molecule has 2 aromatic carbocycles. The Labute approximate surface area is 155 Å². The van der Waals surface area contributed by atoms with Crippen LogP contribution < -0.4 is 5.32 Å². The van der Waals surface area contributed by atoms with Crippen LogP contribution in [0.15, 0.2) is 53.7 Å². The van der Waals surface area contributed by atoms with Crippen molar-refractivity contribution in [3.05, 3.63) is 59.7 Å². The topological polar surface area (TPSA) is 96.5 Å². The van der Waals surface area contributed by atoms with Gasteiger partial charge in [0, 0.05) is 5.69 Å². The third kappa shape index (κ3) is 4.07. The van der Waals surface area contributed by atoms with Crippen molar-refractivity contribution in [3.8, 4) is 11.8 Å². The lowest BCUT2D eigenvalue weighted by Crippen LogP contribution is -2.23. The number of tetrazole rings is 1. The molecule has 1 aromatic heterocycles. The number of carbonyl (C=O) groups excluding carboxylic acids is 1. The quantitative estimate of drug-likeness (QED) is 0.699. The van der Waals surface area contributed by atoms with Crippen LogP contribution in [0.4, 0.5) is 5.69 Å². The van der Waals surface area contributed by atoms with Crippen LogP contribution >= 0.6 is 11.8 Å². The largest absolute Gasteiger partial charge is 0.325 e. The van der Waals surface area contributed by atoms with Gasteiger partial charge in [0.15, 0.2) is 0 Å². The van der Waals surface area contributed by atoms with Gasteiger partial charge in [-0.15, -0.1) is 5.10 Å². The fourth-order valence-corrected chi connectivity index (χ4v) is 3.03. The predicted octanol–water partition coefficient (Wildman–Crippen LogP) is 2.96. The minimum Gasteiger partial charge on any atom is -0.325 e. The summed E-state index contributed by atoms with van der Waals surface area (Å²) < 4.78 is 1.60. The van der Waals surface area contributed by atoms with Crippen molar-refractivity contribution in [1.82, 2.24) is 20.2 Å². The fraction of sp³-hybridized carbons (Fsp3) is 0.167. The number of anilines is 1. The van der Waals surface area contributed by atoms with Crippen molar-refractivity contribution in [2.24, 2.45) is 0 Å².